The van der Waals surface area contributed by atoms with E-state index < -0.39 is 10.0 Å². The Morgan fingerprint density at radius 3 is 2.48 bits per heavy atom. The lowest BCUT2D eigenvalue weighted by Crippen LogP contribution is -2.23. The Hall–Kier alpha value is -2.64. The summed E-state index contributed by atoms with van der Waals surface area (Å²) in [6, 6.07) is 17.1. The van der Waals surface area contributed by atoms with Gasteiger partial charge in [-0.05, 0) is 18.9 Å². The molecule has 0 amide bonds. The fraction of sp³-hybridized carbons (Fsp3) is 0.318. The molecule has 1 heterocycles. The van der Waals surface area contributed by atoms with Crippen LogP contribution in [0.3, 0.4) is 0 Å². The predicted octanol–water partition coefficient (Wildman–Crippen LogP) is 4.15. The van der Waals surface area contributed by atoms with Crippen molar-refractivity contribution < 1.29 is 13.2 Å². The third-order valence-corrected chi connectivity index (χ3v) is 6.78. The van der Waals surface area contributed by atoms with Crippen LogP contribution in [0, 0.1) is 0 Å². The van der Waals surface area contributed by atoms with E-state index in [1.807, 2.05) is 59.3 Å². The van der Waals surface area contributed by atoms with E-state index in [-0.39, 0.29) is 17.5 Å². The zero-order valence-electron chi connectivity index (χ0n) is 16.4. The van der Waals surface area contributed by atoms with Crippen LogP contribution >= 0.6 is 0 Å². The predicted molar refractivity (Wildman–Crippen MR) is 112 cm³/mol. The van der Waals surface area contributed by atoms with Crippen molar-refractivity contribution in [1.29, 1.82) is 0 Å². The smallest absolute Gasteiger partial charge is 0.244 e. The zero-order chi connectivity index (χ0) is 20.3. The molecule has 0 saturated heterocycles. The second kappa shape index (κ2) is 8.39. The van der Waals surface area contributed by atoms with Crippen molar-refractivity contribution in [2.45, 2.75) is 43.2 Å². The first-order chi connectivity index (χ1) is 14.1. The maximum absolute atomic E-state index is 13.2. The highest BCUT2D eigenvalue weighted by Gasteiger charge is 2.27. The molecule has 7 heteroatoms. The Bertz CT molecular complexity index is 1070. The Morgan fingerprint density at radius 2 is 1.76 bits per heavy atom. The van der Waals surface area contributed by atoms with E-state index in [0.29, 0.717) is 11.4 Å². The standard InChI is InChI=1S/C22H25N3O3S/c1-28-20-14-8-5-11-18(20)15-23-29(26,27)21-16-25(19-12-6-7-13-19)24-22(21)17-9-3-2-4-10-17/h2-5,8-11,14,16,19,23H,6-7,12-13,15H2,1H3. The number of hydrogen-bond donors (Lipinski definition) is 1. The second-order valence-electron chi connectivity index (χ2n) is 7.26. The van der Waals surface area contributed by atoms with E-state index in [1.165, 1.54) is 0 Å². The molecule has 1 saturated carbocycles. The Labute approximate surface area is 171 Å². The lowest BCUT2D eigenvalue weighted by atomic mass is 10.2. The first-order valence-corrected chi connectivity index (χ1v) is 11.3. The number of ether oxygens (including phenoxy) is 1. The summed E-state index contributed by atoms with van der Waals surface area (Å²) in [5.41, 5.74) is 2.06. The van der Waals surface area contributed by atoms with Crippen LogP contribution in [-0.4, -0.2) is 25.3 Å². The van der Waals surface area contributed by atoms with Crippen molar-refractivity contribution in [2.24, 2.45) is 0 Å². The average molecular weight is 412 g/mol. The van der Waals surface area contributed by atoms with Crippen molar-refractivity contribution in [1.82, 2.24) is 14.5 Å². The van der Waals surface area contributed by atoms with E-state index in [9.17, 15) is 8.42 Å². The normalized spacial score (nSPS) is 14.9. The quantitative estimate of drug-likeness (QED) is 0.634. The minimum atomic E-state index is -3.76. The minimum Gasteiger partial charge on any atom is -0.496 e. The number of para-hydroxylation sites is 1. The number of benzene rings is 2. The number of aromatic nitrogens is 2. The SMILES string of the molecule is COc1ccccc1CNS(=O)(=O)c1cn(C2CCCC2)nc1-c1ccccc1. The summed E-state index contributed by atoms with van der Waals surface area (Å²) in [6.07, 6.45) is 6.05. The van der Waals surface area contributed by atoms with E-state index in [0.717, 1.165) is 36.8 Å². The van der Waals surface area contributed by atoms with Gasteiger partial charge in [-0.2, -0.15) is 5.10 Å². The van der Waals surface area contributed by atoms with Crippen LogP contribution in [0.5, 0.6) is 5.75 Å². The van der Waals surface area contributed by atoms with Gasteiger partial charge in [-0.25, -0.2) is 13.1 Å². The first-order valence-electron chi connectivity index (χ1n) is 9.84. The lowest BCUT2D eigenvalue weighted by molar-refractivity contribution is 0.409. The Kier molecular flexibility index (Phi) is 5.69. The molecule has 1 aromatic heterocycles. The summed E-state index contributed by atoms with van der Waals surface area (Å²) >= 11 is 0. The van der Waals surface area contributed by atoms with Crippen LogP contribution in [-0.2, 0) is 16.6 Å². The molecule has 0 radical (unpaired) electrons. The lowest BCUT2D eigenvalue weighted by Gasteiger charge is -2.10. The van der Waals surface area contributed by atoms with Crippen LogP contribution in [0.4, 0.5) is 0 Å². The molecule has 0 atom stereocenters. The zero-order valence-corrected chi connectivity index (χ0v) is 17.2. The summed E-state index contributed by atoms with van der Waals surface area (Å²) in [4.78, 5) is 0.213. The van der Waals surface area contributed by atoms with Crippen molar-refractivity contribution in [3.63, 3.8) is 0 Å². The molecule has 1 fully saturated rings. The number of rotatable bonds is 7. The van der Waals surface area contributed by atoms with Gasteiger partial charge in [-0.15, -0.1) is 0 Å². The van der Waals surface area contributed by atoms with E-state index >= 15 is 0 Å². The van der Waals surface area contributed by atoms with Crippen molar-refractivity contribution in [2.75, 3.05) is 7.11 Å². The second-order valence-corrected chi connectivity index (χ2v) is 9.00. The van der Waals surface area contributed by atoms with Crippen LogP contribution in [0.25, 0.3) is 11.3 Å². The van der Waals surface area contributed by atoms with Crippen molar-refractivity contribution in [3.05, 3.63) is 66.4 Å². The van der Waals surface area contributed by atoms with Crippen molar-refractivity contribution in [3.8, 4) is 17.0 Å². The minimum absolute atomic E-state index is 0.148. The topological polar surface area (TPSA) is 73.2 Å². The molecule has 1 N–H and O–H groups in total. The van der Waals surface area contributed by atoms with Crippen LogP contribution in [0.2, 0.25) is 0 Å². The van der Waals surface area contributed by atoms with Gasteiger partial charge in [-0.3, -0.25) is 4.68 Å². The van der Waals surface area contributed by atoms with Gasteiger partial charge in [0.05, 0.1) is 13.2 Å². The van der Waals surface area contributed by atoms with Crippen molar-refractivity contribution >= 4 is 10.0 Å². The number of methoxy groups -OCH3 is 1. The molecule has 0 aliphatic heterocycles. The molecule has 0 bridgehead atoms. The molecule has 0 unspecified atom stereocenters. The number of nitrogens with zero attached hydrogens (tertiary/aromatic N) is 2. The fourth-order valence-electron chi connectivity index (χ4n) is 3.82. The fourth-order valence-corrected chi connectivity index (χ4v) is 4.98. The first kappa shape index (κ1) is 19.7. The molecular weight excluding hydrogens is 386 g/mol. The summed E-state index contributed by atoms with van der Waals surface area (Å²) < 4.78 is 36.3. The summed E-state index contributed by atoms with van der Waals surface area (Å²) in [7, 11) is -2.18. The van der Waals surface area contributed by atoms with Gasteiger partial charge in [0.2, 0.25) is 10.0 Å². The molecular formula is C22H25N3O3S. The summed E-state index contributed by atoms with van der Waals surface area (Å²) in [5.74, 6) is 0.653. The largest absolute Gasteiger partial charge is 0.496 e. The molecule has 29 heavy (non-hydrogen) atoms. The van der Waals surface area contributed by atoms with E-state index in [2.05, 4.69) is 4.72 Å². The molecule has 0 spiro atoms. The third-order valence-electron chi connectivity index (χ3n) is 5.38. The van der Waals surface area contributed by atoms with Gasteiger partial charge in [0.1, 0.15) is 16.3 Å². The Morgan fingerprint density at radius 1 is 1.07 bits per heavy atom. The monoisotopic (exact) mass is 411 g/mol. The molecule has 2 aromatic carbocycles. The van der Waals surface area contributed by atoms with E-state index in [1.54, 1.807) is 13.3 Å². The molecule has 1 aliphatic rings. The number of sulfonamides is 1. The molecule has 6 nitrogen and oxygen atoms in total. The molecule has 3 aromatic rings. The van der Waals surface area contributed by atoms with Gasteiger partial charge in [0.15, 0.2) is 0 Å². The van der Waals surface area contributed by atoms with Gasteiger partial charge >= 0.3 is 0 Å². The van der Waals surface area contributed by atoms with Crippen LogP contribution in [0.1, 0.15) is 37.3 Å². The molecule has 1 aliphatic carbocycles. The van der Waals surface area contributed by atoms with Crippen LogP contribution in [0.15, 0.2) is 65.7 Å². The Balaban J connectivity index is 1.68. The summed E-state index contributed by atoms with van der Waals surface area (Å²) in [5, 5.41) is 4.69. The van der Waals surface area contributed by atoms with Crippen LogP contribution < -0.4 is 9.46 Å². The van der Waals surface area contributed by atoms with Gasteiger partial charge in [0.25, 0.3) is 0 Å². The number of nitrogens with one attached hydrogen (secondary N) is 1. The molecule has 4 rings (SSSR count). The van der Waals surface area contributed by atoms with E-state index in [4.69, 9.17) is 9.84 Å². The summed E-state index contributed by atoms with van der Waals surface area (Å²) in [6.45, 7) is 0.148. The maximum atomic E-state index is 13.2. The highest BCUT2D eigenvalue weighted by atomic mass is 32.2. The molecule has 152 valence electrons. The average Bonchev–Trinajstić information content (AvgIpc) is 3.43. The number of hydrogen-bond acceptors (Lipinski definition) is 4. The van der Waals surface area contributed by atoms with Gasteiger partial charge in [0, 0.05) is 23.9 Å². The third kappa shape index (κ3) is 4.21. The highest BCUT2D eigenvalue weighted by Crippen LogP contribution is 2.33. The maximum Gasteiger partial charge on any atom is 0.244 e. The highest BCUT2D eigenvalue weighted by molar-refractivity contribution is 7.89. The van der Waals surface area contributed by atoms with Gasteiger partial charge < -0.3 is 4.74 Å². The van der Waals surface area contributed by atoms with Gasteiger partial charge in [-0.1, -0.05) is 61.4 Å².